The summed E-state index contributed by atoms with van der Waals surface area (Å²) in [5, 5.41) is 7.54. The zero-order valence-electron chi connectivity index (χ0n) is 33.7. The smallest absolute Gasteiger partial charge is 0.0714 e. The van der Waals surface area contributed by atoms with Crippen molar-refractivity contribution in [2.75, 3.05) is 4.90 Å². The molecule has 0 saturated heterocycles. The van der Waals surface area contributed by atoms with Crippen molar-refractivity contribution in [2.24, 2.45) is 0 Å². The van der Waals surface area contributed by atoms with E-state index in [0.29, 0.717) is 0 Å². The van der Waals surface area contributed by atoms with E-state index in [-0.39, 0.29) is 0 Å². The quantitative estimate of drug-likeness (QED) is 0.162. The van der Waals surface area contributed by atoms with E-state index >= 15 is 0 Å². The lowest BCUT2D eigenvalue weighted by Crippen LogP contribution is -2.28. The Morgan fingerprint density at radius 3 is 1.74 bits per heavy atom. The van der Waals surface area contributed by atoms with Gasteiger partial charge in [-0.15, -0.1) is 11.3 Å². The Bertz CT molecular complexity index is 3660. The van der Waals surface area contributed by atoms with Gasteiger partial charge in [0.25, 0.3) is 0 Å². The molecular weight excluding hydrogens is 769 g/mol. The fraction of sp³-hybridized carbons (Fsp3) is 0.0169. The highest BCUT2D eigenvalue weighted by Crippen LogP contribution is 2.58. The van der Waals surface area contributed by atoms with Crippen molar-refractivity contribution in [3.63, 3.8) is 0 Å². The van der Waals surface area contributed by atoms with Gasteiger partial charge >= 0.3 is 0 Å². The van der Waals surface area contributed by atoms with Crippen molar-refractivity contribution >= 4 is 81.1 Å². The summed E-state index contributed by atoms with van der Waals surface area (Å²) >= 11 is 1.88. The molecule has 12 aromatic rings. The van der Waals surface area contributed by atoms with Gasteiger partial charge in [0.1, 0.15) is 0 Å². The number of benzene rings is 10. The molecule has 1 aliphatic carbocycles. The summed E-state index contributed by atoms with van der Waals surface area (Å²) in [5.41, 5.74) is 14.0. The number of fused-ring (bicyclic) bond motifs is 10. The van der Waals surface area contributed by atoms with Gasteiger partial charge in [-0.2, -0.15) is 0 Å². The van der Waals surface area contributed by atoms with E-state index in [1.807, 2.05) is 11.3 Å². The molecule has 2 heterocycles. The molecule has 13 rings (SSSR count). The number of hydrogen-bond donors (Lipinski definition) is 0. The molecule has 0 N–H and O–H groups in total. The molecule has 0 aliphatic heterocycles. The molecule has 0 radical (unpaired) electrons. The third-order valence-corrected chi connectivity index (χ3v) is 14.4. The lowest BCUT2D eigenvalue weighted by atomic mass is 9.67. The van der Waals surface area contributed by atoms with Gasteiger partial charge in [-0.1, -0.05) is 164 Å². The van der Waals surface area contributed by atoms with E-state index in [1.54, 1.807) is 0 Å². The van der Waals surface area contributed by atoms with E-state index in [0.717, 1.165) is 22.7 Å². The van der Waals surface area contributed by atoms with Crippen molar-refractivity contribution in [2.45, 2.75) is 5.41 Å². The standard InChI is InChI=1S/C59H38N2S/c1-4-19-41(20-5-1)59(42-21-6-2-7-22-42)52-36-40-18-11-10-17-39(40)35-51(52)46-33-31-44(37-53(46)59)60(55-29-16-27-50-49-26-13-15-30-57(49)62-58(50)55)45-32-34-48-47-25-12-14-28-54(47)61(56(48)38-45)43-23-8-3-9-24-43/h1-38H. The average molecular weight is 807 g/mol. The van der Waals surface area contributed by atoms with Crippen LogP contribution in [-0.4, -0.2) is 4.57 Å². The number of para-hydroxylation sites is 2. The Morgan fingerprint density at radius 1 is 0.387 bits per heavy atom. The van der Waals surface area contributed by atoms with Crippen LogP contribution in [0.3, 0.4) is 0 Å². The van der Waals surface area contributed by atoms with Crippen molar-refractivity contribution in [3.05, 3.63) is 253 Å². The van der Waals surface area contributed by atoms with Gasteiger partial charge in [0.05, 0.1) is 26.8 Å². The van der Waals surface area contributed by atoms with Gasteiger partial charge in [-0.05, 0) is 111 Å². The van der Waals surface area contributed by atoms with Gasteiger partial charge in [-0.25, -0.2) is 0 Å². The number of hydrogen-bond acceptors (Lipinski definition) is 2. The molecule has 3 heteroatoms. The summed E-state index contributed by atoms with van der Waals surface area (Å²) in [6.07, 6.45) is 0. The number of aromatic nitrogens is 1. The van der Waals surface area contributed by atoms with E-state index in [2.05, 4.69) is 240 Å². The van der Waals surface area contributed by atoms with Crippen LogP contribution in [0, 0.1) is 0 Å². The summed E-state index contributed by atoms with van der Waals surface area (Å²) in [7, 11) is 0. The highest BCUT2D eigenvalue weighted by atomic mass is 32.1. The lowest BCUT2D eigenvalue weighted by Gasteiger charge is -2.35. The normalized spacial score (nSPS) is 13.0. The van der Waals surface area contributed by atoms with Crippen LogP contribution in [0.2, 0.25) is 0 Å². The summed E-state index contributed by atoms with van der Waals surface area (Å²) < 4.78 is 4.98. The molecule has 0 saturated carbocycles. The highest BCUT2D eigenvalue weighted by molar-refractivity contribution is 7.26. The molecule has 2 aromatic heterocycles. The summed E-state index contributed by atoms with van der Waals surface area (Å²) in [4.78, 5) is 2.52. The van der Waals surface area contributed by atoms with Crippen molar-refractivity contribution in [3.8, 4) is 16.8 Å². The third-order valence-electron chi connectivity index (χ3n) is 13.2. The fourth-order valence-corrected chi connectivity index (χ4v) is 11.8. The largest absolute Gasteiger partial charge is 0.309 e. The summed E-state index contributed by atoms with van der Waals surface area (Å²) in [6, 6.07) is 85.5. The van der Waals surface area contributed by atoms with Gasteiger partial charge in [0.2, 0.25) is 0 Å². The third kappa shape index (κ3) is 5.03. The van der Waals surface area contributed by atoms with E-state index in [1.165, 1.54) is 86.1 Å². The molecular formula is C59H38N2S. The Morgan fingerprint density at radius 2 is 0.968 bits per heavy atom. The number of nitrogens with zero attached hydrogens (tertiary/aromatic N) is 2. The summed E-state index contributed by atoms with van der Waals surface area (Å²) in [6.45, 7) is 0. The van der Waals surface area contributed by atoms with Crippen molar-refractivity contribution < 1.29 is 0 Å². The lowest BCUT2D eigenvalue weighted by molar-refractivity contribution is 0.769. The molecule has 1 aliphatic rings. The minimum Gasteiger partial charge on any atom is -0.309 e. The second-order valence-electron chi connectivity index (χ2n) is 16.4. The predicted molar refractivity (Wildman–Crippen MR) is 263 cm³/mol. The Kier molecular flexibility index (Phi) is 7.72. The average Bonchev–Trinajstić information content (AvgIpc) is 3.98. The monoisotopic (exact) mass is 806 g/mol. The van der Waals surface area contributed by atoms with Gasteiger partial charge < -0.3 is 9.47 Å². The first-order chi connectivity index (χ1) is 30.8. The number of thiophene rings is 1. The number of anilines is 3. The molecule has 10 aromatic carbocycles. The second-order valence-corrected chi connectivity index (χ2v) is 17.5. The fourth-order valence-electron chi connectivity index (χ4n) is 10.6. The van der Waals surface area contributed by atoms with Crippen molar-refractivity contribution in [1.29, 1.82) is 0 Å². The SMILES string of the molecule is c1ccc(-n2c3ccccc3c3ccc(N(c4ccc5c(c4)C(c4ccccc4)(c4ccccc4)c4cc6ccccc6cc4-5)c4cccc5c4sc4ccccc45)cc32)cc1. The molecule has 2 nitrogen and oxygen atoms in total. The maximum Gasteiger partial charge on any atom is 0.0714 e. The topological polar surface area (TPSA) is 8.17 Å². The van der Waals surface area contributed by atoms with Crippen molar-refractivity contribution in [1.82, 2.24) is 4.57 Å². The molecule has 0 spiro atoms. The van der Waals surface area contributed by atoms with Crippen LogP contribution in [-0.2, 0) is 5.41 Å². The first-order valence-electron chi connectivity index (χ1n) is 21.3. The van der Waals surface area contributed by atoms with E-state index in [9.17, 15) is 0 Å². The maximum atomic E-state index is 2.52. The zero-order valence-corrected chi connectivity index (χ0v) is 34.6. The van der Waals surface area contributed by atoms with Crippen LogP contribution in [0.5, 0.6) is 0 Å². The minimum atomic E-state index is -0.563. The predicted octanol–water partition coefficient (Wildman–Crippen LogP) is 16.1. The Balaban J connectivity index is 1.13. The molecule has 0 unspecified atom stereocenters. The van der Waals surface area contributed by atoms with Crippen LogP contribution >= 0.6 is 11.3 Å². The van der Waals surface area contributed by atoms with Crippen LogP contribution in [0.25, 0.3) is 69.6 Å². The zero-order chi connectivity index (χ0) is 40.8. The van der Waals surface area contributed by atoms with E-state index < -0.39 is 5.41 Å². The Labute approximate surface area is 363 Å². The van der Waals surface area contributed by atoms with Crippen LogP contribution in [0.1, 0.15) is 22.3 Å². The molecule has 62 heavy (non-hydrogen) atoms. The first-order valence-corrected chi connectivity index (χ1v) is 22.2. The maximum absolute atomic E-state index is 2.52. The Hall–Kier alpha value is -7.72. The molecule has 0 fully saturated rings. The van der Waals surface area contributed by atoms with Gasteiger partial charge in [-0.3, -0.25) is 0 Å². The van der Waals surface area contributed by atoms with E-state index in [4.69, 9.17) is 0 Å². The van der Waals surface area contributed by atoms with Gasteiger partial charge in [0.15, 0.2) is 0 Å². The van der Waals surface area contributed by atoms with Crippen LogP contribution in [0.4, 0.5) is 17.1 Å². The van der Waals surface area contributed by atoms with Crippen LogP contribution in [0.15, 0.2) is 231 Å². The number of rotatable bonds is 6. The minimum absolute atomic E-state index is 0.563. The first kappa shape index (κ1) is 35.1. The van der Waals surface area contributed by atoms with Gasteiger partial charge in [0, 0.05) is 43.3 Å². The second kappa shape index (κ2) is 13.7. The molecule has 0 atom stereocenters. The van der Waals surface area contributed by atoms with Crippen LogP contribution < -0.4 is 4.90 Å². The molecule has 0 amide bonds. The molecule has 0 bridgehead atoms. The highest BCUT2D eigenvalue weighted by Gasteiger charge is 2.46. The summed E-state index contributed by atoms with van der Waals surface area (Å²) in [5.74, 6) is 0. The molecule has 290 valence electrons.